The average Bonchev–Trinajstić information content (AvgIpc) is 3.58. The Morgan fingerprint density at radius 3 is 2.94 bits per heavy atom. The quantitative estimate of drug-likeness (QED) is 0.496. The average molecular weight is 491 g/mol. The lowest BCUT2D eigenvalue weighted by atomic mass is 10.0. The molecular formula is C26H26N4O4S. The van der Waals surface area contributed by atoms with Gasteiger partial charge in [-0.2, -0.15) is 0 Å². The predicted octanol–water partition coefficient (Wildman–Crippen LogP) is 5.38. The molecule has 3 aromatic rings. The van der Waals surface area contributed by atoms with Gasteiger partial charge in [0.2, 0.25) is 0 Å². The Kier molecular flexibility index (Phi) is 6.01. The molecule has 35 heavy (non-hydrogen) atoms. The number of benzene rings is 1. The Morgan fingerprint density at radius 2 is 2.11 bits per heavy atom. The highest BCUT2D eigenvalue weighted by atomic mass is 32.1. The second-order valence-electron chi connectivity index (χ2n) is 8.50. The van der Waals surface area contributed by atoms with E-state index in [4.69, 9.17) is 23.9 Å². The van der Waals surface area contributed by atoms with Crippen molar-refractivity contribution in [3.63, 3.8) is 0 Å². The number of rotatable bonds is 6. The van der Waals surface area contributed by atoms with Crippen LogP contribution in [-0.2, 0) is 14.2 Å². The number of H-pyrrole nitrogens is 1. The second-order valence-corrected chi connectivity index (χ2v) is 9.50. The normalized spacial score (nSPS) is 18.0. The summed E-state index contributed by atoms with van der Waals surface area (Å²) in [4.78, 5) is 15.2. The standard InChI is InChI=1S/C26H26N4O4S/c1-31-21-8-7-20(30-9-11-32-12-10-30)24-23(21)29-26(35-24)25-27-14-19(28-25)22-16-33-15-18(34-22)13-17-5-3-2-4-6-17/h2-3,5,7-8,14-16H,4,6,9-13H2,1H3,(H,27,28). The molecule has 0 radical (unpaired) electrons. The van der Waals surface area contributed by atoms with Gasteiger partial charge in [-0.1, -0.05) is 23.8 Å². The van der Waals surface area contributed by atoms with E-state index in [9.17, 15) is 0 Å². The summed E-state index contributed by atoms with van der Waals surface area (Å²) >= 11 is 1.60. The molecule has 0 unspecified atom stereocenters. The predicted molar refractivity (Wildman–Crippen MR) is 136 cm³/mol. The van der Waals surface area contributed by atoms with E-state index in [1.165, 1.54) is 5.57 Å². The lowest BCUT2D eigenvalue weighted by Gasteiger charge is -2.29. The first-order valence-corrected chi connectivity index (χ1v) is 12.5. The van der Waals surface area contributed by atoms with Gasteiger partial charge in [0, 0.05) is 19.5 Å². The first kappa shape index (κ1) is 21.9. The number of allylic oxidation sites excluding steroid dienone is 4. The molecule has 0 atom stereocenters. The third-order valence-electron chi connectivity index (χ3n) is 6.22. The van der Waals surface area contributed by atoms with E-state index in [1.54, 1.807) is 37.2 Å². The van der Waals surface area contributed by atoms with Crippen LogP contribution in [0.4, 0.5) is 5.69 Å². The van der Waals surface area contributed by atoms with E-state index in [2.05, 4.69) is 39.2 Å². The van der Waals surface area contributed by atoms with Gasteiger partial charge in [-0.05, 0) is 25.0 Å². The van der Waals surface area contributed by atoms with Gasteiger partial charge in [-0.15, -0.1) is 11.3 Å². The number of aromatic amines is 1. The van der Waals surface area contributed by atoms with Gasteiger partial charge >= 0.3 is 0 Å². The number of anilines is 1. The minimum atomic E-state index is 0.598. The van der Waals surface area contributed by atoms with Crippen molar-refractivity contribution in [3.8, 4) is 16.6 Å². The summed E-state index contributed by atoms with van der Waals surface area (Å²) in [5.74, 6) is 2.80. The van der Waals surface area contributed by atoms with Crippen LogP contribution in [0.5, 0.6) is 5.75 Å². The van der Waals surface area contributed by atoms with Crippen LogP contribution in [0.2, 0.25) is 0 Å². The van der Waals surface area contributed by atoms with E-state index in [0.717, 1.165) is 83.7 Å². The van der Waals surface area contributed by atoms with Crippen LogP contribution in [0, 0.1) is 0 Å². The first-order valence-electron chi connectivity index (χ1n) is 11.7. The van der Waals surface area contributed by atoms with Crippen molar-refractivity contribution in [1.29, 1.82) is 0 Å². The number of nitrogens with zero attached hydrogens (tertiary/aromatic N) is 3. The van der Waals surface area contributed by atoms with Crippen molar-refractivity contribution in [2.24, 2.45) is 0 Å². The van der Waals surface area contributed by atoms with Crippen LogP contribution in [0.25, 0.3) is 26.8 Å². The molecule has 180 valence electrons. The topological polar surface area (TPSA) is 81.7 Å². The van der Waals surface area contributed by atoms with Crippen LogP contribution in [-0.4, -0.2) is 48.4 Å². The molecular weight excluding hydrogens is 464 g/mol. The highest BCUT2D eigenvalue weighted by molar-refractivity contribution is 7.22. The molecule has 1 N–H and O–H groups in total. The van der Waals surface area contributed by atoms with Gasteiger partial charge in [0.1, 0.15) is 35.2 Å². The van der Waals surface area contributed by atoms with Gasteiger partial charge in [0.15, 0.2) is 16.6 Å². The van der Waals surface area contributed by atoms with E-state index in [-0.39, 0.29) is 0 Å². The van der Waals surface area contributed by atoms with E-state index >= 15 is 0 Å². The fourth-order valence-electron chi connectivity index (χ4n) is 4.43. The van der Waals surface area contributed by atoms with Crippen LogP contribution >= 0.6 is 11.3 Å². The minimum absolute atomic E-state index is 0.598. The fourth-order valence-corrected chi connectivity index (χ4v) is 5.50. The number of fused-ring (bicyclic) bond motifs is 1. The summed E-state index contributed by atoms with van der Waals surface area (Å²) in [5.41, 5.74) is 4.05. The fraction of sp³-hybridized carbons (Fsp3) is 0.308. The summed E-state index contributed by atoms with van der Waals surface area (Å²) < 4.78 is 23.9. The summed E-state index contributed by atoms with van der Waals surface area (Å²) in [6.07, 6.45) is 14.2. The number of aromatic nitrogens is 3. The molecule has 1 aromatic carbocycles. The monoisotopic (exact) mass is 490 g/mol. The van der Waals surface area contributed by atoms with Gasteiger partial charge in [-0.25, -0.2) is 9.97 Å². The lowest BCUT2D eigenvalue weighted by Crippen LogP contribution is -2.36. The first-order chi connectivity index (χ1) is 17.3. The zero-order valence-electron chi connectivity index (χ0n) is 19.5. The molecule has 9 heteroatoms. The molecule has 0 spiro atoms. The summed E-state index contributed by atoms with van der Waals surface area (Å²) in [5, 5.41) is 0.789. The summed E-state index contributed by atoms with van der Waals surface area (Å²) in [7, 11) is 1.67. The van der Waals surface area contributed by atoms with E-state index < -0.39 is 0 Å². The van der Waals surface area contributed by atoms with Crippen molar-refractivity contribution in [2.45, 2.75) is 19.3 Å². The Balaban J connectivity index is 1.26. The van der Waals surface area contributed by atoms with Gasteiger partial charge < -0.3 is 28.8 Å². The highest BCUT2D eigenvalue weighted by Crippen LogP contribution is 2.40. The van der Waals surface area contributed by atoms with E-state index in [1.807, 2.05) is 6.07 Å². The molecule has 4 heterocycles. The molecule has 0 saturated carbocycles. The second kappa shape index (κ2) is 9.59. The molecule has 0 bridgehead atoms. The smallest absolute Gasteiger partial charge is 0.187 e. The number of hydrogen-bond acceptors (Lipinski definition) is 8. The maximum Gasteiger partial charge on any atom is 0.187 e. The van der Waals surface area contributed by atoms with Crippen LogP contribution in [0.3, 0.4) is 0 Å². The van der Waals surface area contributed by atoms with Crippen molar-refractivity contribution in [2.75, 3.05) is 38.3 Å². The number of ether oxygens (including phenoxy) is 4. The third kappa shape index (κ3) is 4.44. The maximum absolute atomic E-state index is 6.12. The van der Waals surface area contributed by atoms with E-state index in [0.29, 0.717) is 11.6 Å². The molecule has 3 aliphatic rings. The lowest BCUT2D eigenvalue weighted by molar-refractivity contribution is 0.123. The largest absolute Gasteiger partial charge is 0.494 e. The zero-order chi connectivity index (χ0) is 23.6. The molecule has 1 aliphatic carbocycles. The van der Waals surface area contributed by atoms with Crippen molar-refractivity contribution in [1.82, 2.24) is 15.0 Å². The maximum atomic E-state index is 6.12. The number of imidazole rings is 1. The van der Waals surface area contributed by atoms with Gasteiger partial charge in [-0.3, -0.25) is 0 Å². The Bertz CT molecular complexity index is 1360. The summed E-state index contributed by atoms with van der Waals surface area (Å²) in [6.45, 7) is 3.16. The molecule has 8 nitrogen and oxygen atoms in total. The molecule has 2 aliphatic heterocycles. The van der Waals surface area contributed by atoms with Crippen LogP contribution in [0.1, 0.15) is 25.0 Å². The Morgan fingerprint density at radius 1 is 1.20 bits per heavy atom. The molecule has 6 rings (SSSR count). The molecule has 2 aromatic heterocycles. The van der Waals surface area contributed by atoms with Gasteiger partial charge in [0.05, 0.1) is 36.9 Å². The number of nitrogens with one attached hydrogen (secondary N) is 1. The molecule has 0 amide bonds. The number of hydrogen-bond donors (Lipinski definition) is 1. The number of morpholine rings is 1. The summed E-state index contributed by atoms with van der Waals surface area (Å²) in [6, 6.07) is 4.08. The number of methoxy groups -OCH3 is 1. The van der Waals surface area contributed by atoms with Crippen LogP contribution in [0.15, 0.2) is 60.4 Å². The molecule has 1 saturated heterocycles. The highest BCUT2D eigenvalue weighted by Gasteiger charge is 2.22. The Labute approximate surface area is 207 Å². The van der Waals surface area contributed by atoms with Crippen molar-refractivity contribution >= 4 is 33.0 Å². The van der Waals surface area contributed by atoms with Crippen LogP contribution < -0.4 is 9.64 Å². The zero-order valence-corrected chi connectivity index (χ0v) is 20.3. The third-order valence-corrected chi connectivity index (χ3v) is 7.30. The van der Waals surface area contributed by atoms with Gasteiger partial charge in [0.25, 0.3) is 0 Å². The SMILES string of the molecule is COc1ccc(N2CCOCC2)c2sc(-c3ncc(C4=COC=C(CC5=CC=CCC5)O4)[nH]3)nc12. The van der Waals surface area contributed by atoms with Crippen molar-refractivity contribution in [3.05, 3.63) is 66.1 Å². The Hall–Kier alpha value is -3.56. The van der Waals surface area contributed by atoms with Crippen molar-refractivity contribution < 1.29 is 18.9 Å². The minimum Gasteiger partial charge on any atom is -0.494 e. The molecule has 1 fully saturated rings. The number of thiazole rings is 1.